The third-order valence-electron chi connectivity index (χ3n) is 10.9. The summed E-state index contributed by atoms with van der Waals surface area (Å²) in [6.45, 7) is 12.2. The van der Waals surface area contributed by atoms with Crippen molar-refractivity contribution in [3.8, 4) is 0 Å². The van der Waals surface area contributed by atoms with Crippen molar-refractivity contribution in [2.45, 2.75) is 88.9 Å². The lowest BCUT2D eigenvalue weighted by molar-refractivity contribution is -0.438. The van der Waals surface area contributed by atoms with E-state index in [-0.39, 0.29) is 16.7 Å². The number of rotatable bonds is 14. The van der Waals surface area contributed by atoms with Crippen molar-refractivity contribution in [1.29, 1.82) is 0 Å². The van der Waals surface area contributed by atoms with Gasteiger partial charge in [-0.1, -0.05) is 85.2 Å². The van der Waals surface area contributed by atoms with Gasteiger partial charge in [0.05, 0.1) is 10.3 Å². The van der Waals surface area contributed by atoms with Crippen molar-refractivity contribution in [3.05, 3.63) is 137 Å². The van der Waals surface area contributed by atoms with E-state index in [2.05, 4.69) is 91.0 Å². The average Bonchev–Trinajstić information content (AvgIpc) is 3.63. The number of imide groups is 1. The molecular weight excluding hydrogens is 727 g/mol. The Balaban J connectivity index is 1.25. The van der Waals surface area contributed by atoms with Crippen LogP contribution in [0.15, 0.2) is 125 Å². The zero-order valence-electron chi connectivity index (χ0n) is 32.7. The molecule has 0 saturated carbocycles. The zero-order valence-corrected chi connectivity index (χ0v) is 33.5. The van der Waals surface area contributed by atoms with Crippen LogP contribution < -0.4 is 4.90 Å². The van der Waals surface area contributed by atoms with Gasteiger partial charge in [-0.25, -0.2) is 4.79 Å². The first kappa shape index (κ1) is 40.3. The molecule has 0 unspecified atom stereocenters. The molecule has 0 radical (unpaired) electrons. The second-order valence-corrected chi connectivity index (χ2v) is 17.0. The molecule has 0 bridgehead atoms. The molecule has 0 saturated heterocycles. The maximum atomic E-state index is 12.4. The van der Waals surface area contributed by atoms with Crippen LogP contribution in [0.4, 0.5) is 11.4 Å². The molecule has 0 spiro atoms. The van der Waals surface area contributed by atoms with Crippen LogP contribution in [0, 0.1) is 6.92 Å². The monoisotopic (exact) mass is 776 g/mol. The van der Waals surface area contributed by atoms with Gasteiger partial charge in [0.15, 0.2) is 5.71 Å². The Morgan fingerprint density at radius 2 is 1.59 bits per heavy atom. The van der Waals surface area contributed by atoms with Crippen molar-refractivity contribution in [2.75, 3.05) is 18.0 Å². The van der Waals surface area contributed by atoms with Gasteiger partial charge in [0.1, 0.15) is 6.54 Å². The lowest BCUT2D eigenvalue weighted by Crippen LogP contribution is -2.32. The van der Waals surface area contributed by atoms with Gasteiger partial charge in [0.25, 0.3) is 21.9 Å². The first-order valence-corrected chi connectivity index (χ1v) is 20.5. The number of carbonyl (C=O) groups excluding carboxylic acids is 3. The number of hydrogen-bond acceptors (Lipinski definition) is 7. The van der Waals surface area contributed by atoms with Gasteiger partial charge in [-0.3, -0.25) is 14.1 Å². The second-order valence-electron chi connectivity index (χ2n) is 15.6. The average molecular weight is 777 g/mol. The minimum absolute atomic E-state index is 0.0395. The van der Waals surface area contributed by atoms with Gasteiger partial charge in [-0.05, 0) is 81.9 Å². The molecule has 0 atom stereocenters. The van der Waals surface area contributed by atoms with Gasteiger partial charge in [-0.15, -0.1) is 0 Å². The summed E-state index contributed by atoms with van der Waals surface area (Å²) in [5, 5.41) is 0.464. The fourth-order valence-corrected chi connectivity index (χ4v) is 8.38. The van der Waals surface area contributed by atoms with Gasteiger partial charge >= 0.3 is 5.97 Å². The van der Waals surface area contributed by atoms with Crippen LogP contribution >= 0.6 is 0 Å². The highest BCUT2D eigenvalue weighted by molar-refractivity contribution is 7.85. The third-order valence-corrected chi connectivity index (χ3v) is 11.7. The quantitative estimate of drug-likeness (QED) is 0.0882. The molecule has 10 nitrogen and oxygen atoms in total. The number of aryl methyl sites for hydroxylation is 1. The number of nitrogens with zero attached hydrogens (tertiary/aromatic N) is 3. The van der Waals surface area contributed by atoms with Crippen molar-refractivity contribution in [2.24, 2.45) is 0 Å². The van der Waals surface area contributed by atoms with Crippen molar-refractivity contribution >= 4 is 45.0 Å². The summed E-state index contributed by atoms with van der Waals surface area (Å²) in [7, 11) is -4.42. The van der Waals surface area contributed by atoms with Crippen LogP contribution in [-0.4, -0.2) is 59.2 Å². The highest BCUT2D eigenvalue weighted by Crippen LogP contribution is 2.48. The molecule has 1 aliphatic carbocycles. The van der Waals surface area contributed by atoms with Gasteiger partial charge in [-0.2, -0.15) is 13.0 Å². The fraction of sp³-hybridized carbons (Fsp3) is 0.333. The van der Waals surface area contributed by atoms with Crippen LogP contribution in [0.25, 0.3) is 0 Å². The molecule has 0 aromatic heterocycles. The molecule has 1 N–H and O–H groups in total. The molecule has 3 aliphatic heterocycles. The van der Waals surface area contributed by atoms with E-state index in [1.54, 1.807) is 12.1 Å². The van der Waals surface area contributed by atoms with E-state index in [0.29, 0.717) is 30.9 Å². The first-order chi connectivity index (χ1) is 26.6. The highest BCUT2D eigenvalue weighted by Gasteiger charge is 2.45. The zero-order chi connectivity index (χ0) is 40.3. The van der Waals surface area contributed by atoms with Crippen LogP contribution in [0.1, 0.15) is 82.9 Å². The number of fused-ring (bicyclic) bond motifs is 2. The molecule has 2 aromatic rings. The SMILES string of the molecule is Cc1ccc2c(c1)C(C)(C)C(=CC=CC1=[N+](CCCCCC(=O)ON3C(=O)C=CC3=O)c3ccc(S(=O)(=O)O)cc3C1(C)C)N2CCCC1=C/C=C\C=C/C=C1. The van der Waals surface area contributed by atoms with Crippen LogP contribution in [0.5, 0.6) is 0 Å². The summed E-state index contributed by atoms with van der Waals surface area (Å²) in [5.41, 5.74) is 7.92. The standard InChI is InChI=1S/C45H49N3O7S/c1-32-22-24-37-35(30-32)44(2,3)39(47(37)29-15-18-33-16-10-7-6-8-11-17-33)19-14-20-40-45(4,5)36-31-34(56(52,53)54)23-25-38(36)46(40)28-13-9-12-21-43(51)55-48-41(49)26-27-42(48)50/h6-8,10-11,14,16-17,19-20,22-27,30-31H,9,12-13,15,18,21,28-29H2,1-5H3/p+1/b7-6-,8-6?,10-7?,11-8-,16-10?,17-11?,33-16?,33-17?. The molecular formula is C45H50N3O7S+. The van der Waals surface area contributed by atoms with E-state index in [1.807, 2.05) is 32.1 Å². The first-order valence-electron chi connectivity index (χ1n) is 19.1. The smallest absolute Gasteiger partial charge is 0.333 e. The number of carbonyl (C=O) groups is 3. The molecule has 56 heavy (non-hydrogen) atoms. The number of unbranched alkanes of at least 4 members (excludes halogenated alkanes) is 2. The lowest BCUT2D eigenvalue weighted by Gasteiger charge is -2.27. The van der Waals surface area contributed by atoms with E-state index in [0.717, 1.165) is 48.5 Å². The number of benzene rings is 2. The number of anilines is 1. The second kappa shape index (κ2) is 16.4. The molecule has 3 heterocycles. The van der Waals surface area contributed by atoms with Crippen molar-refractivity contribution in [3.63, 3.8) is 0 Å². The van der Waals surface area contributed by atoms with Crippen molar-refractivity contribution < 1.29 is 36.8 Å². The van der Waals surface area contributed by atoms with Crippen LogP contribution in [0.2, 0.25) is 0 Å². The minimum Gasteiger partial charge on any atom is -0.344 e. The summed E-state index contributed by atoms with van der Waals surface area (Å²) in [6, 6.07) is 11.4. The topological polar surface area (TPSA) is 124 Å². The number of hydroxylamine groups is 2. The van der Waals surface area contributed by atoms with E-state index in [4.69, 9.17) is 4.84 Å². The largest absolute Gasteiger partial charge is 0.344 e. The summed E-state index contributed by atoms with van der Waals surface area (Å²) in [6.07, 6.45) is 26.9. The fourth-order valence-electron chi connectivity index (χ4n) is 7.87. The Morgan fingerprint density at radius 3 is 2.34 bits per heavy atom. The minimum atomic E-state index is -4.42. The molecule has 2 amide bonds. The number of allylic oxidation sites excluding steroid dienone is 12. The third kappa shape index (κ3) is 8.54. The van der Waals surface area contributed by atoms with E-state index < -0.39 is 33.3 Å². The summed E-state index contributed by atoms with van der Waals surface area (Å²) >= 11 is 0. The molecule has 2 aromatic carbocycles. The van der Waals surface area contributed by atoms with E-state index in [1.165, 1.54) is 34.2 Å². The maximum absolute atomic E-state index is 12.4. The van der Waals surface area contributed by atoms with Gasteiger partial charge < -0.3 is 9.74 Å². The van der Waals surface area contributed by atoms with Gasteiger partial charge in [0, 0.05) is 66.0 Å². The molecule has 11 heteroatoms. The Kier molecular flexibility index (Phi) is 11.8. The van der Waals surface area contributed by atoms with Crippen LogP contribution in [-0.2, 0) is 40.2 Å². The van der Waals surface area contributed by atoms with E-state index >= 15 is 0 Å². The van der Waals surface area contributed by atoms with Gasteiger partial charge in [0.2, 0.25) is 5.69 Å². The summed E-state index contributed by atoms with van der Waals surface area (Å²) < 4.78 is 36.5. The molecule has 4 aliphatic rings. The lowest BCUT2D eigenvalue weighted by atomic mass is 9.81. The molecule has 6 rings (SSSR count). The van der Waals surface area contributed by atoms with E-state index in [9.17, 15) is 27.4 Å². The number of amides is 2. The summed E-state index contributed by atoms with van der Waals surface area (Å²) in [4.78, 5) is 43.1. The van der Waals surface area contributed by atoms with Crippen molar-refractivity contribution in [1.82, 2.24) is 5.06 Å². The maximum Gasteiger partial charge on any atom is 0.333 e. The van der Waals surface area contributed by atoms with Crippen LogP contribution in [0.3, 0.4) is 0 Å². The predicted octanol–water partition coefficient (Wildman–Crippen LogP) is 8.19. The normalized spacial score (nSPS) is 20.1. The Bertz CT molecular complexity index is 2280. The molecule has 0 fully saturated rings. The number of hydrogen-bond donors (Lipinski definition) is 1. The summed E-state index contributed by atoms with van der Waals surface area (Å²) in [5.74, 6) is -2.02. The Morgan fingerprint density at radius 1 is 0.857 bits per heavy atom. The highest BCUT2D eigenvalue weighted by atomic mass is 32.2. The Hall–Kier alpha value is -5.39. The predicted molar refractivity (Wildman–Crippen MR) is 218 cm³/mol. The molecule has 292 valence electrons. The Labute approximate surface area is 329 Å².